The van der Waals surface area contributed by atoms with Gasteiger partial charge in [0, 0.05) is 12.1 Å². The van der Waals surface area contributed by atoms with Crippen LogP contribution in [0.5, 0.6) is 5.75 Å². The van der Waals surface area contributed by atoms with Crippen LogP contribution in [0.3, 0.4) is 0 Å². The molecule has 2 rings (SSSR count). The van der Waals surface area contributed by atoms with Gasteiger partial charge in [-0.05, 0) is 49.8 Å². The fraction of sp³-hybridized carbons (Fsp3) is 0.438. The number of guanidine groups is 1. The van der Waals surface area contributed by atoms with Crippen LogP contribution >= 0.6 is 0 Å². The van der Waals surface area contributed by atoms with Gasteiger partial charge in [0.1, 0.15) is 5.75 Å². The first kappa shape index (κ1) is 14.4. The average molecular weight is 273 g/mol. The predicted octanol–water partition coefficient (Wildman–Crippen LogP) is 2.25. The molecule has 4 nitrogen and oxygen atoms in total. The lowest BCUT2D eigenvalue weighted by Crippen LogP contribution is -2.32. The Balaban J connectivity index is 2.12. The number of nitrogens with zero attached hydrogens (tertiary/aromatic N) is 1. The van der Waals surface area contributed by atoms with Gasteiger partial charge in [0.25, 0.3) is 0 Å². The number of benzene rings is 1. The largest absolute Gasteiger partial charge is 0.508 e. The van der Waals surface area contributed by atoms with Gasteiger partial charge < -0.3 is 16.2 Å². The lowest BCUT2D eigenvalue weighted by atomic mass is 9.88. The minimum absolute atomic E-state index is 0.321. The topological polar surface area (TPSA) is 70.6 Å². The highest BCUT2D eigenvalue weighted by molar-refractivity contribution is 5.78. The zero-order valence-corrected chi connectivity index (χ0v) is 12.1. The Kier molecular flexibility index (Phi) is 4.66. The van der Waals surface area contributed by atoms with Gasteiger partial charge >= 0.3 is 0 Å². The highest BCUT2D eigenvalue weighted by Crippen LogP contribution is 2.30. The smallest absolute Gasteiger partial charge is 0.189 e. The van der Waals surface area contributed by atoms with Gasteiger partial charge in [0.05, 0.1) is 6.54 Å². The lowest BCUT2D eigenvalue weighted by Gasteiger charge is -2.19. The second kappa shape index (κ2) is 6.46. The van der Waals surface area contributed by atoms with Gasteiger partial charge in [-0.1, -0.05) is 18.2 Å². The van der Waals surface area contributed by atoms with Crippen LogP contribution in [0.2, 0.25) is 0 Å². The fourth-order valence-electron chi connectivity index (χ4n) is 2.53. The van der Waals surface area contributed by atoms with E-state index in [0.717, 1.165) is 24.0 Å². The Labute approximate surface area is 120 Å². The third-order valence-corrected chi connectivity index (χ3v) is 3.61. The summed E-state index contributed by atoms with van der Waals surface area (Å²) >= 11 is 0. The van der Waals surface area contributed by atoms with Crippen molar-refractivity contribution in [2.75, 3.05) is 6.54 Å². The highest BCUT2D eigenvalue weighted by atomic mass is 16.3. The van der Waals surface area contributed by atoms with E-state index in [1.165, 1.54) is 24.0 Å². The van der Waals surface area contributed by atoms with Crippen molar-refractivity contribution < 1.29 is 5.11 Å². The van der Waals surface area contributed by atoms with E-state index in [1.807, 2.05) is 13.0 Å². The highest BCUT2D eigenvalue weighted by Gasteiger charge is 2.15. The molecule has 1 aliphatic rings. The number of hydrogen-bond donors (Lipinski definition) is 3. The number of rotatable bonds is 4. The number of phenols is 1. The Hall–Kier alpha value is -1.97. The van der Waals surface area contributed by atoms with Crippen molar-refractivity contribution in [3.05, 3.63) is 41.0 Å². The van der Waals surface area contributed by atoms with Crippen LogP contribution in [0.25, 0.3) is 0 Å². The summed E-state index contributed by atoms with van der Waals surface area (Å²) in [7, 11) is 0. The van der Waals surface area contributed by atoms with Crippen LogP contribution in [-0.2, 0) is 19.4 Å². The van der Waals surface area contributed by atoms with E-state index in [2.05, 4.69) is 16.9 Å². The Morgan fingerprint density at radius 3 is 2.90 bits per heavy atom. The van der Waals surface area contributed by atoms with E-state index in [9.17, 15) is 5.11 Å². The van der Waals surface area contributed by atoms with Crippen molar-refractivity contribution in [2.45, 2.75) is 39.2 Å². The molecule has 1 aromatic carbocycles. The summed E-state index contributed by atoms with van der Waals surface area (Å²) in [6.45, 7) is 6.77. The van der Waals surface area contributed by atoms with Gasteiger partial charge in [0.15, 0.2) is 5.96 Å². The standard InChI is InChI=1S/C16H23N3O/c1-11(2)9-18-16(17)19-10-14-13-6-4-3-5-12(13)7-8-15(14)20/h7-8,20H,1,3-6,9-10H2,2H3,(H3,17,18,19). The molecule has 0 atom stereocenters. The van der Waals surface area contributed by atoms with E-state index < -0.39 is 0 Å². The van der Waals surface area contributed by atoms with Crippen LogP contribution in [-0.4, -0.2) is 17.6 Å². The predicted molar refractivity (Wildman–Crippen MR) is 82.9 cm³/mol. The summed E-state index contributed by atoms with van der Waals surface area (Å²) in [4.78, 5) is 4.32. The maximum absolute atomic E-state index is 10.1. The number of aromatic hydroxyl groups is 1. The van der Waals surface area contributed by atoms with Gasteiger partial charge in [-0.2, -0.15) is 0 Å². The van der Waals surface area contributed by atoms with Crippen molar-refractivity contribution in [3.63, 3.8) is 0 Å². The molecule has 108 valence electrons. The lowest BCUT2D eigenvalue weighted by molar-refractivity contribution is 0.465. The molecule has 0 saturated carbocycles. The summed E-state index contributed by atoms with van der Waals surface area (Å²) in [5.41, 5.74) is 10.3. The first-order valence-corrected chi connectivity index (χ1v) is 7.08. The zero-order chi connectivity index (χ0) is 14.5. The molecule has 0 heterocycles. The SMILES string of the molecule is C=C(C)CNC(N)=NCc1c(O)ccc2c1CCCC2. The molecule has 0 unspecified atom stereocenters. The minimum Gasteiger partial charge on any atom is -0.508 e. The molecule has 0 aromatic heterocycles. The molecule has 0 bridgehead atoms. The molecule has 0 radical (unpaired) electrons. The Morgan fingerprint density at radius 1 is 1.40 bits per heavy atom. The monoisotopic (exact) mass is 273 g/mol. The van der Waals surface area contributed by atoms with Crippen LogP contribution in [0, 0.1) is 0 Å². The van der Waals surface area contributed by atoms with Crippen LogP contribution < -0.4 is 11.1 Å². The second-order valence-corrected chi connectivity index (χ2v) is 5.42. The molecule has 1 aromatic rings. The van der Waals surface area contributed by atoms with Gasteiger partial charge in [0.2, 0.25) is 0 Å². The summed E-state index contributed by atoms with van der Waals surface area (Å²) in [6.07, 6.45) is 4.52. The van der Waals surface area contributed by atoms with Gasteiger partial charge in [-0.15, -0.1) is 0 Å². The molecular formula is C16H23N3O. The zero-order valence-electron chi connectivity index (χ0n) is 12.1. The van der Waals surface area contributed by atoms with Crippen molar-refractivity contribution in [1.82, 2.24) is 5.32 Å². The summed E-state index contributed by atoms with van der Waals surface area (Å²) in [6, 6.07) is 3.80. The summed E-state index contributed by atoms with van der Waals surface area (Å²) < 4.78 is 0. The van der Waals surface area contributed by atoms with E-state index >= 15 is 0 Å². The maximum Gasteiger partial charge on any atom is 0.189 e. The molecule has 0 aliphatic heterocycles. The minimum atomic E-state index is 0.321. The molecule has 4 N–H and O–H groups in total. The summed E-state index contributed by atoms with van der Waals surface area (Å²) in [5.74, 6) is 0.711. The van der Waals surface area contributed by atoms with E-state index in [4.69, 9.17) is 5.73 Å². The van der Waals surface area contributed by atoms with Gasteiger partial charge in [-0.25, -0.2) is 4.99 Å². The molecule has 4 heteroatoms. The second-order valence-electron chi connectivity index (χ2n) is 5.42. The molecule has 20 heavy (non-hydrogen) atoms. The average Bonchev–Trinajstić information content (AvgIpc) is 2.44. The van der Waals surface area contributed by atoms with E-state index in [1.54, 1.807) is 6.07 Å². The van der Waals surface area contributed by atoms with Crippen LogP contribution in [0.4, 0.5) is 0 Å². The molecule has 0 amide bonds. The third kappa shape index (κ3) is 3.53. The van der Waals surface area contributed by atoms with Gasteiger partial charge in [-0.3, -0.25) is 0 Å². The molecular weight excluding hydrogens is 250 g/mol. The molecule has 0 fully saturated rings. The molecule has 1 aliphatic carbocycles. The normalized spacial score (nSPS) is 14.8. The number of fused-ring (bicyclic) bond motifs is 1. The first-order valence-electron chi connectivity index (χ1n) is 7.08. The van der Waals surface area contributed by atoms with Crippen LogP contribution in [0.1, 0.15) is 36.5 Å². The van der Waals surface area contributed by atoms with Crippen molar-refractivity contribution in [1.29, 1.82) is 0 Å². The Bertz CT molecular complexity index is 535. The maximum atomic E-state index is 10.1. The van der Waals surface area contributed by atoms with Crippen molar-refractivity contribution in [3.8, 4) is 5.75 Å². The van der Waals surface area contributed by atoms with Crippen molar-refractivity contribution >= 4 is 5.96 Å². The third-order valence-electron chi connectivity index (χ3n) is 3.61. The Morgan fingerprint density at radius 2 is 2.15 bits per heavy atom. The molecule has 0 spiro atoms. The number of nitrogens with one attached hydrogen (secondary N) is 1. The molecule has 0 saturated heterocycles. The fourth-order valence-corrected chi connectivity index (χ4v) is 2.53. The van der Waals surface area contributed by atoms with E-state index in [0.29, 0.717) is 24.8 Å². The first-order chi connectivity index (χ1) is 9.58. The number of aryl methyl sites for hydroxylation is 1. The van der Waals surface area contributed by atoms with Crippen molar-refractivity contribution in [2.24, 2.45) is 10.7 Å². The number of aliphatic imine (C=N–C) groups is 1. The number of hydrogen-bond acceptors (Lipinski definition) is 2. The summed E-state index contributed by atoms with van der Waals surface area (Å²) in [5, 5.41) is 13.1. The number of phenolic OH excluding ortho intramolecular Hbond substituents is 1. The van der Waals surface area contributed by atoms with E-state index in [-0.39, 0.29) is 0 Å². The number of nitrogens with two attached hydrogens (primary N) is 1. The quantitative estimate of drug-likeness (QED) is 0.447. The van der Waals surface area contributed by atoms with Crippen LogP contribution in [0.15, 0.2) is 29.3 Å².